The van der Waals surface area contributed by atoms with E-state index >= 15 is 0 Å². The van der Waals surface area contributed by atoms with Crippen LogP contribution in [0, 0.1) is 5.82 Å². The van der Waals surface area contributed by atoms with E-state index in [4.69, 9.17) is 11.6 Å². The van der Waals surface area contributed by atoms with Crippen LogP contribution in [0.4, 0.5) is 4.39 Å². The number of carbonyl (C=O) groups is 1. The highest BCUT2D eigenvalue weighted by molar-refractivity contribution is 6.32. The summed E-state index contributed by atoms with van der Waals surface area (Å²) in [4.78, 5) is 11.3. The molecule has 1 aromatic heterocycles. The minimum absolute atomic E-state index is 0.273. The number of aromatic nitrogens is 2. The fourth-order valence-corrected chi connectivity index (χ4v) is 3.19. The van der Waals surface area contributed by atoms with Crippen LogP contribution >= 0.6 is 11.6 Å². The van der Waals surface area contributed by atoms with Crippen molar-refractivity contribution in [1.29, 1.82) is 0 Å². The lowest BCUT2D eigenvalue weighted by atomic mass is 10.0. The molecule has 1 aliphatic rings. The second-order valence-electron chi connectivity index (χ2n) is 5.47. The van der Waals surface area contributed by atoms with Gasteiger partial charge in [-0.1, -0.05) is 36.6 Å². The Morgan fingerprint density at radius 3 is 2.57 bits per heavy atom. The third-order valence-corrected chi connectivity index (χ3v) is 4.46. The first-order chi connectivity index (χ1) is 10.2. The van der Waals surface area contributed by atoms with E-state index in [-0.39, 0.29) is 5.82 Å². The number of nitrogens with zero attached hydrogens (tertiary/aromatic N) is 2. The molecule has 1 aliphatic carbocycles. The average molecular weight is 307 g/mol. The number of rotatable bonds is 4. The summed E-state index contributed by atoms with van der Waals surface area (Å²) in [6.07, 6.45) is 5.26. The number of hydrogen-bond donors (Lipinski definition) is 0. The number of benzene rings is 1. The van der Waals surface area contributed by atoms with E-state index in [9.17, 15) is 9.18 Å². The summed E-state index contributed by atoms with van der Waals surface area (Å²) >= 11 is 6.28. The molecule has 5 heteroatoms. The van der Waals surface area contributed by atoms with E-state index in [0.29, 0.717) is 23.2 Å². The Balaban J connectivity index is 1.91. The monoisotopic (exact) mass is 306 g/mol. The highest BCUT2D eigenvalue weighted by Gasteiger charge is 2.26. The summed E-state index contributed by atoms with van der Waals surface area (Å²) in [6.45, 7) is 0.437. The number of halogens is 2. The first-order valence-electron chi connectivity index (χ1n) is 7.15. The van der Waals surface area contributed by atoms with Crippen LogP contribution in [0.3, 0.4) is 0 Å². The molecule has 2 aromatic rings. The highest BCUT2D eigenvalue weighted by atomic mass is 35.5. The molecule has 0 saturated heterocycles. The van der Waals surface area contributed by atoms with Gasteiger partial charge in [0.1, 0.15) is 11.0 Å². The lowest BCUT2D eigenvalue weighted by molar-refractivity contribution is 0.112. The maximum atomic E-state index is 12.9. The van der Waals surface area contributed by atoms with Gasteiger partial charge in [-0.25, -0.2) is 9.07 Å². The van der Waals surface area contributed by atoms with Crippen molar-refractivity contribution in [3.05, 3.63) is 52.1 Å². The quantitative estimate of drug-likeness (QED) is 0.794. The third-order valence-electron chi connectivity index (χ3n) is 4.06. The summed E-state index contributed by atoms with van der Waals surface area (Å²) in [7, 11) is 0. The normalized spacial score (nSPS) is 15.5. The van der Waals surface area contributed by atoms with Crippen molar-refractivity contribution in [2.75, 3.05) is 0 Å². The molecule has 21 heavy (non-hydrogen) atoms. The van der Waals surface area contributed by atoms with Crippen molar-refractivity contribution < 1.29 is 9.18 Å². The molecule has 1 fully saturated rings. The SMILES string of the molecule is O=Cc1c(C2CCCC2)nn(Cc2ccc(F)cc2)c1Cl. The summed E-state index contributed by atoms with van der Waals surface area (Å²) in [6, 6.07) is 6.21. The van der Waals surface area contributed by atoms with Gasteiger partial charge in [0.2, 0.25) is 0 Å². The van der Waals surface area contributed by atoms with Gasteiger partial charge in [0.05, 0.1) is 17.8 Å². The highest BCUT2D eigenvalue weighted by Crippen LogP contribution is 2.36. The van der Waals surface area contributed by atoms with Gasteiger partial charge in [-0.2, -0.15) is 5.10 Å². The summed E-state index contributed by atoms with van der Waals surface area (Å²) in [5.41, 5.74) is 2.22. The fourth-order valence-electron chi connectivity index (χ4n) is 2.95. The molecule has 1 heterocycles. The van der Waals surface area contributed by atoms with E-state index in [1.54, 1.807) is 16.8 Å². The second-order valence-corrected chi connectivity index (χ2v) is 5.83. The Bertz CT molecular complexity index is 645. The zero-order valence-electron chi connectivity index (χ0n) is 11.6. The van der Waals surface area contributed by atoms with E-state index in [0.717, 1.165) is 30.4 Å². The standard InChI is InChI=1S/C16H16ClFN2O/c17-16-14(10-21)15(12-3-1-2-4-12)19-20(16)9-11-5-7-13(18)8-6-11/h5-8,10,12H,1-4,9H2. The largest absolute Gasteiger partial charge is 0.298 e. The third kappa shape index (κ3) is 2.86. The molecule has 0 bridgehead atoms. The minimum Gasteiger partial charge on any atom is -0.298 e. The van der Waals surface area contributed by atoms with Crippen molar-refractivity contribution in [3.8, 4) is 0 Å². The van der Waals surface area contributed by atoms with Crippen molar-refractivity contribution in [3.63, 3.8) is 0 Å². The lowest BCUT2D eigenvalue weighted by Gasteiger charge is -2.05. The Hall–Kier alpha value is -1.68. The van der Waals surface area contributed by atoms with Crippen LogP contribution in [0.5, 0.6) is 0 Å². The van der Waals surface area contributed by atoms with Crippen LogP contribution in [0.25, 0.3) is 0 Å². The molecular weight excluding hydrogens is 291 g/mol. The van der Waals surface area contributed by atoms with E-state index in [1.165, 1.54) is 25.0 Å². The number of aldehydes is 1. The molecule has 0 spiro atoms. The molecule has 1 saturated carbocycles. The number of hydrogen-bond acceptors (Lipinski definition) is 2. The van der Waals surface area contributed by atoms with Gasteiger partial charge < -0.3 is 0 Å². The topological polar surface area (TPSA) is 34.9 Å². The summed E-state index contributed by atoms with van der Waals surface area (Å²) < 4.78 is 14.6. The molecule has 0 N–H and O–H groups in total. The molecule has 0 amide bonds. The zero-order chi connectivity index (χ0) is 14.8. The number of carbonyl (C=O) groups excluding carboxylic acids is 1. The first kappa shape index (κ1) is 14.3. The molecular formula is C16H16ClFN2O. The Morgan fingerprint density at radius 1 is 1.29 bits per heavy atom. The van der Waals surface area contributed by atoms with Crippen LogP contribution in [-0.4, -0.2) is 16.1 Å². The van der Waals surface area contributed by atoms with Crippen LogP contribution in [0.15, 0.2) is 24.3 Å². The summed E-state index contributed by atoms with van der Waals surface area (Å²) in [5, 5.41) is 4.91. The molecule has 0 unspecified atom stereocenters. The molecule has 3 nitrogen and oxygen atoms in total. The maximum absolute atomic E-state index is 12.9. The van der Waals surface area contributed by atoms with Crippen LogP contribution in [-0.2, 0) is 6.54 Å². The van der Waals surface area contributed by atoms with E-state index in [2.05, 4.69) is 5.10 Å². The molecule has 0 radical (unpaired) electrons. The van der Waals surface area contributed by atoms with Crippen LogP contribution < -0.4 is 0 Å². The van der Waals surface area contributed by atoms with E-state index in [1.807, 2.05) is 0 Å². The lowest BCUT2D eigenvalue weighted by Crippen LogP contribution is -2.03. The Kier molecular flexibility index (Phi) is 4.06. The molecule has 110 valence electrons. The molecule has 0 aliphatic heterocycles. The average Bonchev–Trinajstić information content (AvgIpc) is 3.10. The van der Waals surface area contributed by atoms with Gasteiger partial charge >= 0.3 is 0 Å². The smallest absolute Gasteiger partial charge is 0.155 e. The molecule has 0 atom stereocenters. The Labute approximate surface area is 127 Å². The van der Waals surface area contributed by atoms with Gasteiger partial charge in [0.25, 0.3) is 0 Å². The fraction of sp³-hybridized carbons (Fsp3) is 0.375. The van der Waals surface area contributed by atoms with Crippen molar-refractivity contribution in [2.24, 2.45) is 0 Å². The van der Waals surface area contributed by atoms with Gasteiger partial charge in [-0.15, -0.1) is 0 Å². The van der Waals surface area contributed by atoms with Crippen molar-refractivity contribution >= 4 is 17.9 Å². The maximum Gasteiger partial charge on any atom is 0.155 e. The van der Waals surface area contributed by atoms with Crippen LogP contribution in [0.1, 0.15) is 53.2 Å². The predicted octanol–water partition coefficient (Wildman–Crippen LogP) is 4.19. The zero-order valence-corrected chi connectivity index (χ0v) is 12.3. The van der Waals surface area contributed by atoms with Crippen LogP contribution in [0.2, 0.25) is 5.15 Å². The second kappa shape index (κ2) is 5.98. The van der Waals surface area contributed by atoms with Crippen molar-refractivity contribution in [2.45, 2.75) is 38.1 Å². The minimum atomic E-state index is -0.273. The van der Waals surface area contributed by atoms with E-state index < -0.39 is 0 Å². The van der Waals surface area contributed by atoms with Gasteiger partial charge in [0, 0.05) is 5.92 Å². The van der Waals surface area contributed by atoms with Gasteiger partial charge in [-0.3, -0.25) is 4.79 Å². The van der Waals surface area contributed by atoms with Gasteiger partial charge in [-0.05, 0) is 30.5 Å². The van der Waals surface area contributed by atoms with Gasteiger partial charge in [0.15, 0.2) is 6.29 Å². The first-order valence-corrected chi connectivity index (χ1v) is 7.52. The van der Waals surface area contributed by atoms with Crippen molar-refractivity contribution in [1.82, 2.24) is 9.78 Å². The predicted molar refractivity (Wildman–Crippen MR) is 79.3 cm³/mol. The molecule has 3 rings (SSSR count). The Morgan fingerprint density at radius 2 is 1.95 bits per heavy atom. The molecule has 1 aromatic carbocycles. The summed E-state index contributed by atoms with van der Waals surface area (Å²) in [5.74, 6) is 0.0581.